The van der Waals surface area contributed by atoms with Crippen molar-refractivity contribution in [3.8, 4) is 0 Å². The highest BCUT2D eigenvalue weighted by atomic mass is 32.2. The molecule has 3 atom stereocenters. The Balaban J connectivity index is 1.22. The van der Waals surface area contributed by atoms with E-state index in [2.05, 4.69) is 10.2 Å². The number of thioether (sulfide) groups is 1. The quantitative estimate of drug-likeness (QED) is 0.465. The molecule has 202 valence electrons. The van der Waals surface area contributed by atoms with Crippen molar-refractivity contribution in [3.05, 3.63) is 17.7 Å². The Morgan fingerprint density at radius 1 is 1.05 bits per heavy atom. The van der Waals surface area contributed by atoms with Crippen molar-refractivity contribution >= 4 is 29.5 Å². The Bertz CT molecular complexity index is 1010. The van der Waals surface area contributed by atoms with E-state index in [-0.39, 0.29) is 24.3 Å². The van der Waals surface area contributed by atoms with E-state index >= 15 is 0 Å². The largest absolute Gasteiger partial charge is 0.481 e. The van der Waals surface area contributed by atoms with Crippen molar-refractivity contribution in [1.29, 1.82) is 0 Å². The number of hydrogen-bond acceptors (Lipinski definition) is 6. The predicted octanol–water partition coefficient (Wildman–Crippen LogP) is 4.87. The second kappa shape index (κ2) is 10.4. The minimum atomic E-state index is -0.739. The zero-order chi connectivity index (χ0) is 25.6. The highest BCUT2D eigenvalue weighted by Crippen LogP contribution is 2.55. The topological polar surface area (TPSA) is 103 Å². The van der Waals surface area contributed by atoms with Gasteiger partial charge in [0.15, 0.2) is 0 Å². The molecule has 7 rings (SSSR count). The molecule has 5 aliphatic carbocycles. The van der Waals surface area contributed by atoms with Gasteiger partial charge in [-0.2, -0.15) is 0 Å². The lowest BCUT2D eigenvalue weighted by Gasteiger charge is -2.58. The third kappa shape index (κ3) is 5.51. The summed E-state index contributed by atoms with van der Waals surface area (Å²) in [5.41, 5.74) is 0.168. The van der Waals surface area contributed by atoms with Gasteiger partial charge in [-0.25, -0.2) is 4.98 Å². The first-order chi connectivity index (χ1) is 17.8. The smallest absolute Gasteiger partial charge is 0.303 e. The number of anilines is 1. The molecule has 1 aromatic rings. The van der Waals surface area contributed by atoms with E-state index < -0.39 is 11.6 Å². The number of aliphatic hydroxyl groups is 1. The van der Waals surface area contributed by atoms with Gasteiger partial charge in [-0.1, -0.05) is 19.3 Å². The Hall–Kier alpha value is -1.80. The van der Waals surface area contributed by atoms with Gasteiger partial charge in [0.2, 0.25) is 0 Å². The molecule has 1 aromatic heterocycles. The number of rotatable bonds is 7. The number of carboxylic acids is 1. The second-order valence-electron chi connectivity index (χ2n) is 12.6. The molecule has 1 aliphatic heterocycles. The molecular weight excluding hydrogens is 486 g/mol. The van der Waals surface area contributed by atoms with Gasteiger partial charge in [0, 0.05) is 30.8 Å². The maximum atomic E-state index is 13.7. The van der Waals surface area contributed by atoms with Gasteiger partial charge in [0.05, 0.1) is 11.2 Å². The third-order valence-electron chi connectivity index (χ3n) is 9.77. The molecule has 7 nitrogen and oxygen atoms in total. The number of amides is 1. The van der Waals surface area contributed by atoms with Gasteiger partial charge in [-0.3, -0.25) is 9.59 Å². The highest BCUT2D eigenvalue weighted by molar-refractivity contribution is 7.99. The van der Waals surface area contributed by atoms with Gasteiger partial charge < -0.3 is 20.4 Å². The number of nitrogens with zero attached hydrogens (tertiary/aromatic N) is 2. The van der Waals surface area contributed by atoms with Crippen LogP contribution in [0.1, 0.15) is 93.8 Å². The summed E-state index contributed by atoms with van der Waals surface area (Å²) in [5.74, 6) is 1.60. The van der Waals surface area contributed by atoms with Gasteiger partial charge in [0.25, 0.3) is 5.91 Å². The van der Waals surface area contributed by atoms with E-state index in [9.17, 15) is 19.8 Å². The van der Waals surface area contributed by atoms with Crippen LogP contribution in [-0.2, 0) is 4.79 Å². The summed E-state index contributed by atoms with van der Waals surface area (Å²) in [6, 6.07) is 4.06. The molecule has 2 unspecified atom stereocenters. The number of piperidine rings is 1. The predicted molar refractivity (Wildman–Crippen MR) is 144 cm³/mol. The van der Waals surface area contributed by atoms with Crippen LogP contribution in [0.3, 0.4) is 0 Å². The average Bonchev–Trinajstić information content (AvgIpc) is 2.85. The minimum absolute atomic E-state index is 0.0239. The van der Waals surface area contributed by atoms with E-state index in [0.717, 1.165) is 75.2 Å². The first-order valence-electron chi connectivity index (χ1n) is 14.5. The molecule has 1 amide bonds. The number of carbonyl (C=O) groups excluding carboxylic acids is 1. The van der Waals surface area contributed by atoms with Crippen LogP contribution in [0, 0.1) is 23.7 Å². The summed E-state index contributed by atoms with van der Waals surface area (Å²) >= 11 is 1.77. The minimum Gasteiger partial charge on any atom is -0.481 e. The van der Waals surface area contributed by atoms with Crippen LogP contribution in [0.5, 0.6) is 0 Å². The number of aliphatic carboxylic acids is 1. The average molecular weight is 528 g/mol. The lowest BCUT2D eigenvalue weighted by Crippen LogP contribution is -2.61. The first-order valence-corrected chi connectivity index (χ1v) is 15.4. The van der Waals surface area contributed by atoms with Crippen LogP contribution in [-0.4, -0.2) is 57.1 Å². The van der Waals surface area contributed by atoms with Crippen molar-refractivity contribution in [3.63, 3.8) is 0 Å². The van der Waals surface area contributed by atoms with Crippen LogP contribution in [0.2, 0.25) is 0 Å². The molecule has 0 spiro atoms. The Morgan fingerprint density at radius 2 is 1.81 bits per heavy atom. The van der Waals surface area contributed by atoms with E-state index in [1.165, 1.54) is 19.3 Å². The van der Waals surface area contributed by atoms with Gasteiger partial charge in [-0.15, -0.1) is 11.8 Å². The molecule has 6 aliphatic rings. The Kier molecular flexibility index (Phi) is 7.16. The van der Waals surface area contributed by atoms with Crippen LogP contribution in [0.25, 0.3) is 0 Å². The fraction of sp³-hybridized carbons (Fsp3) is 0.759. The van der Waals surface area contributed by atoms with Crippen LogP contribution in [0.4, 0.5) is 5.82 Å². The zero-order valence-electron chi connectivity index (χ0n) is 21.7. The molecule has 4 bridgehead atoms. The number of carbonyl (C=O) groups is 2. The summed E-state index contributed by atoms with van der Waals surface area (Å²) in [6.45, 7) is 1.57. The maximum absolute atomic E-state index is 13.7. The van der Waals surface area contributed by atoms with E-state index in [1.807, 2.05) is 12.1 Å². The highest BCUT2D eigenvalue weighted by Gasteiger charge is 2.55. The monoisotopic (exact) mass is 527 g/mol. The molecular formula is C29H41N3O4S. The molecule has 3 N–H and O–H groups in total. The standard InChI is InChI=1S/C29H41N3O4S/c33-25(34)13-18-5-4-10-32(17-18)24-9-8-23(28(30-24)37-22-6-2-1-3-7-22)27(35)31-26-20-11-19-12-21(26)16-29(36,14-19)15-20/h8-9,18-22,26,36H,1-7,10-17H2,(H,31,35)(H,33,34)/t18-,19?,20?,21?,26?,29?/m1/s1. The summed E-state index contributed by atoms with van der Waals surface area (Å²) in [5, 5.41) is 25.0. The summed E-state index contributed by atoms with van der Waals surface area (Å²) < 4.78 is 0. The summed E-state index contributed by atoms with van der Waals surface area (Å²) in [4.78, 5) is 32.3. The van der Waals surface area contributed by atoms with E-state index in [1.54, 1.807) is 11.8 Å². The lowest BCUT2D eigenvalue weighted by atomic mass is 9.52. The molecule has 0 aromatic carbocycles. The Labute approximate surface area is 224 Å². The van der Waals surface area contributed by atoms with Gasteiger partial charge in [0.1, 0.15) is 10.8 Å². The van der Waals surface area contributed by atoms with Crippen molar-refractivity contribution < 1.29 is 19.8 Å². The third-order valence-corrected chi connectivity index (χ3v) is 11.1. The van der Waals surface area contributed by atoms with Gasteiger partial charge >= 0.3 is 5.97 Å². The number of pyridine rings is 1. The van der Waals surface area contributed by atoms with Crippen LogP contribution in [0.15, 0.2) is 17.2 Å². The van der Waals surface area contributed by atoms with Crippen LogP contribution >= 0.6 is 11.8 Å². The molecule has 5 saturated carbocycles. The molecule has 37 heavy (non-hydrogen) atoms. The molecule has 1 saturated heterocycles. The SMILES string of the molecule is O=C(O)C[C@H]1CCCN(c2ccc(C(=O)NC3C4CC5CC3CC(O)(C5)C4)c(SC3CCCCC3)n2)C1. The van der Waals surface area contributed by atoms with Gasteiger partial charge in [-0.05, 0) is 93.6 Å². The second-order valence-corrected chi connectivity index (χ2v) is 13.9. The van der Waals surface area contributed by atoms with E-state index in [0.29, 0.717) is 35.1 Å². The summed E-state index contributed by atoms with van der Waals surface area (Å²) in [7, 11) is 0. The van der Waals surface area contributed by atoms with E-state index in [4.69, 9.17) is 4.98 Å². The van der Waals surface area contributed by atoms with Crippen LogP contribution < -0.4 is 10.2 Å². The number of carboxylic acid groups (broad SMARTS) is 1. The Morgan fingerprint density at radius 3 is 2.51 bits per heavy atom. The normalized spacial score (nSPS) is 35.5. The number of hydrogen-bond donors (Lipinski definition) is 3. The molecule has 0 radical (unpaired) electrons. The number of nitrogens with one attached hydrogen (secondary N) is 1. The fourth-order valence-corrected chi connectivity index (χ4v) is 9.66. The zero-order valence-corrected chi connectivity index (χ0v) is 22.6. The molecule has 6 fully saturated rings. The van der Waals surface area contributed by atoms with Crippen molar-refractivity contribution in [1.82, 2.24) is 10.3 Å². The number of aromatic nitrogens is 1. The van der Waals surface area contributed by atoms with Crippen molar-refractivity contribution in [2.24, 2.45) is 23.7 Å². The summed E-state index contributed by atoms with van der Waals surface area (Å²) in [6.07, 6.45) is 13.0. The molecule has 8 heteroatoms. The molecule has 2 heterocycles. The fourth-order valence-electron chi connectivity index (χ4n) is 8.34. The first kappa shape index (κ1) is 25.5. The lowest BCUT2D eigenvalue weighted by molar-refractivity contribution is -0.138. The maximum Gasteiger partial charge on any atom is 0.303 e. The van der Waals surface area contributed by atoms with Crippen molar-refractivity contribution in [2.75, 3.05) is 18.0 Å². The van der Waals surface area contributed by atoms with Crippen molar-refractivity contribution in [2.45, 2.75) is 105 Å².